The number of nitrogens with one attached hydrogen (secondary N) is 1. The zero-order valence-electron chi connectivity index (χ0n) is 12.0. The number of hydrogen-bond donors (Lipinski definition) is 1. The molecule has 0 spiro atoms. The average molecular weight is 285 g/mol. The summed E-state index contributed by atoms with van der Waals surface area (Å²) in [5.41, 5.74) is 1.48. The molecule has 0 fully saturated rings. The molecule has 0 amide bonds. The van der Waals surface area contributed by atoms with Gasteiger partial charge in [-0.05, 0) is 39.0 Å². The summed E-state index contributed by atoms with van der Waals surface area (Å²) in [7, 11) is 0. The third-order valence-electron chi connectivity index (χ3n) is 3.24. The lowest BCUT2D eigenvalue weighted by molar-refractivity contribution is -0.384. The summed E-state index contributed by atoms with van der Waals surface area (Å²) < 4.78 is 5.47. The van der Waals surface area contributed by atoms with Crippen molar-refractivity contribution in [3.63, 3.8) is 0 Å². The van der Waals surface area contributed by atoms with Gasteiger partial charge in [0.05, 0.1) is 22.6 Å². The van der Waals surface area contributed by atoms with Gasteiger partial charge < -0.3 is 9.73 Å². The van der Waals surface area contributed by atoms with Gasteiger partial charge in [0, 0.05) is 11.6 Å². The Morgan fingerprint density at radius 2 is 2.10 bits per heavy atom. The van der Waals surface area contributed by atoms with Crippen LogP contribution in [0.25, 0.3) is 0 Å². The third kappa shape index (κ3) is 3.03. The molecular formula is C15H15N3O3. The number of furan rings is 1. The lowest BCUT2D eigenvalue weighted by atomic mass is 10.1. The van der Waals surface area contributed by atoms with Crippen molar-refractivity contribution in [2.75, 3.05) is 5.32 Å². The van der Waals surface area contributed by atoms with Crippen molar-refractivity contribution in [3.05, 3.63) is 57.0 Å². The van der Waals surface area contributed by atoms with Crippen molar-refractivity contribution in [2.45, 2.75) is 26.8 Å². The van der Waals surface area contributed by atoms with Crippen molar-refractivity contribution in [1.82, 2.24) is 0 Å². The summed E-state index contributed by atoms with van der Waals surface area (Å²) in [6.45, 7) is 5.61. The molecule has 6 nitrogen and oxygen atoms in total. The van der Waals surface area contributed by atoms with Gasteiger partial charge in [0.2, 0.25) is 0 Å². The molecule has 0 aliphatic carbocycles. The Morgan fingerprint density at radius 3 is 2.62 bits per heavy atom. The van der Waals surface area contributed by atoms with Gasteiger partial charge in [-0.2, -0.15) is 5.26 Å². The molecule has 1 unspecified atom stereocenters. The Morgan fingerprint density at radius 1 is 1.38 bits per heavy atom. The molecule has 0 radical (unpaired) electrons. The van der Waals surface area contributed by atoms with Crippen LogP contribution in [-0.4, -0.2) is 4.92 Å². The third-order valence-corrected chi connectivity index (χ3v) is 3.24. The first-order chi connectivity index (χ1) is 9.92. The highest BCUT2D eigenvalue weighted by molar-refractivity contribution is 5.64. The van der Waals surface area contributed by atoms with E-state index in [9.17, 15) is 10.1 Å². The first-order valence-corrected chi connectivity index (χ1v) is 6.44. The molecule has 0 aliphatic rings. The SMILES string of the molecule is Cc1cc(C(C)Nc2ccc(C#N)cc2[N+](=O)[O-])c(C)o1. The topological polar surface area (TPSA) is 92.1 Å². The number of anilines is 1. The van der Waals surface area contributed by atoms with Gasteiger partial charge in [0.15, 0.2) is 0 Å². The van der Waals surface area contributed by atoms with Gasteiger partial charge in [-0.3, -0.25) is 10.1 Å². The van der Waals surface area contributed by atoms with Crippen LogP contribution in [0, 0.1) is 35.3 Å². The van der Waals surface area contributed by atoms with Gasteiger partial charge in [0.1, 0.15) is 17.2 Å². The Hall–Kier alpha value is -2.81. The lowest BCUT2D eigenvalue weighted by Crippen LogP contribution is -2.08. The summed E-state index contributed by atoms with van der Waals surface area (Å²) in [6, 6.07) is 8.03. The molecule has 21 heavy (non-hydrogen) atoms. The van der Waals surface area contributed by atoms with Crippen LogP contribution in [0.5, 0.6) is 0 Å². The number of benzene rings is 1. The molecule has 6 heteroatoms. The zero-order valence-corrected chi connectivity index (χ0v) is 12.0. The van der Waals surface area contributed by atoms with Gasteiger partial charge in [-0.1, -0.05) is 0 Å². The lowest BCUT2D eigenvalue weighted by Gasteiger charge is -2.14. The van der Waals surface area contributed by atoms with Gasteiger partial charge in [0.25, 0.3) is 5.69 Å². The van der Waals surface area contributed by atoms with Crippen LogP contribution in [0.2, 0.25) is 0 Å². The second-order valence-electron chi connectivity index (χ2n) is 4.84. The molecule has 0 aliphatic heterocycles. The normalized spacial score (nSPS) is 11.7. The van der Waals surface area contributed by atoms with E-state index in [-0.39, 0.29) is 17.3 Å². The number of nitriles is 1. The molecule has 1 heterocycles. The van der Waals surface area contributed by atoms with Crippen molar-refractivity contribution in [3.8, 4) is 6.07 Å². The fraction of sp³-hybridized carbons (Fsp3) is 0.267. The molecule has 108 valence electrons. The van der Waals surface area contributed by atoms with Crippen LogP contribution in [0.1, 0.15) is 35.6 Å². The van der Waals surface area contributed by atoms with Gasteiger partial charge >= 0.3 is 0 Å². The fourth-order valence-corrected chi connectivity index (χ4v) is 2.27. The highest BCUT2D eigenvalue weighted by Gasteiger charge is 2.19. The first-order valence-electron chi connectivity index (χ1n) is 6.44. The van der Waals surface area contributed by atoms with E-state index < -0.39 is 4.92 Å². The first kappa shape index (κ1) is 14.6. The van der Waals surface area contributed by atoms with Crippen molar-refractivity contribution in [2.24, 2.45) is 0 Å². The maximum absolute atomic E-state index is 11.1. The quantitative estimate of drug-likeness (QED) is 0.680. The highest BCUT2D eigenvalue weighted by Crippen LogP contribution is 2.30. The maximum Gasteiger partial charge on any atom is 0.293 e. The van der Waals surface area contributed by atoms with E-state index in [4.69, 9.17) is 9.68 Å². The van der Waals surface area contributed by atoms with E-state index in [1.54, 1.807) is 12.1 Å². The Labute approximate surface area is 122 Å². The number of nitro benzene ring substituents is 1. The summed E-state index contributed by atoms with van der Waals surface area (Å²) in [5.74, 6) is 1.58. The zero-order chi connectivity index (χ0) is 15.6. The predicted octanol–water partition coefficient (Wildman–Crippen LogP) is 3.85. The Balaban J connectivity index is 2.33. The molecule has 0 saturated carbocycles. The van der Waals surface area contributed by atoms with E-state index >= 15 is 0 Å². The molecule has 0 saturated heterocycles. The molecule has 1 aromatic heterocycles. The number of aryl methyl sites for hydroxylation is 2. The number of nitrogens with zero attached hydrogens (tertiary/aromatic N) is 2. The molecular weight excluding hydrogens is 270 g/mol. The van der Waals surface area contributed by atoms with E-state index in [1.807, 2.05) is 32.9 Å². The predicted molar refractivity (Wildman–Crippen MR) is 78.0 cm³/mol. The van der Waals surface area contributed by atoms with Gasteiger partial charge in [-0.15, -0.1) is 0 Å². The minimum absolute atomic E-state index is 0.112. The second-order valence-corrected chi connectivity index (χ2v) is 4.84. The summed E-state index contributed by atoms with van der Waals surface area (Å²) in [5, 5.41) is 23.0. The fourth-order valence-electron chi connectivity index (χ4n) is 2.27. The Bertz CT molecular complexity index is 728. The van der Waals surface area contributed by atoms with Crippen LogP contribution < -0.4 is 5.32 Å². The summed E-state index contributed by atoms with van der Waals surface area (Å²) >= 11 is 0. The average Bonchev–Trinajstić information content (AvgIpc) is 2.78. The van der Waals surface area contributed by atoms with Crippen LogP contribution in [-0.2, 0) is 0 Å². The number of hydrogen-bond acceptors (Lipinski definition) is 5. The van der Waals surface area contributed by atoms with Crippen LogP contribution in [0.15, 0.2) is 28.7 Å². The maximum atomic E-state index is 11.1. The Kier molecular flexibility index (Phi) is 3.94. The van der Waals surface area contributed by atoms with Crippen LogP contribution in [0.3, 0.4) is 0 Å². The van der Waals surface area contributed by atoms with E-state index in [0.29, 0.717) is 5.69 Å². The van der Waals surface area contributed by atoms with E-state index in [1.165, 1.54) is 6.07 Å². The number of rotatable bonds is 4. The largest absolute Gasteiger partial charge is 0.466 e. The number of nitro groups is 1. The van der Waals surface area contributed by atoms with Crippen molar-refractivity contribution >= 4 is 11.4 Å². The van der Waals surface area contributed by atoms with Gasteiger partial charge in [-0.25, -0.2) is 0 Å². The standard InChI is InChI=1S/C15H15N3O3/c1-9-6-13(11(3)21-9)10(2)17-14-5-4-12(8-16)7-15(14)18(19)20/h4-7,10,17H,1-3H3. The van der Waals surface area contributed by atoms with Crippen LogP contribution >= 0.6 is 0 Å². The molecule has 1 aromatic carbocycles. The molecule has 1 atom stereocenters. The monoisotopic (exact) mass is 285 g/mol. The smallest absolute Gasteiger partial charge is 0.293 e. The molecule has 2 aromatic rings. The molecule has 1 N–H and O–H groups in total. The van der Waals surface area contributed by atoms with E-state index in [2.05, 4.69) is 5.32 Å². The minimum Gasteiger partial charge on any atom is -0.466 e. The van der Waals surface area contributed by atoms with Crippen molar-refractivity contribution in [1.29, 1.82) is 5.26 Å². The molecule has 2 rings (SSSR count). The minimum atomic E-state index is -0.497. The van der Waals surface area contributed by atoms with E-state index in [0.717, 1.165) is 17.1 Å². The highest BCUT2D eigenvalue weighted by atomic mass is 16.6. The summed E-state index contributed by atoms with van der Waals surface area (Å²) in [4.78, 5) is 10.6. The van der Waals surface area contributed by atoms with Crippen molar-refractivity contribution < 1.29 is 9.34 Å². The van der Waals surface area contributed by atoms with Crippen LogP contribution in [0.4, 0.5) is 11.4 Å². The molecule has 0 bridgehead atoms. The second kappa shape index (κ2) is 5.67. The summed E-state index contributed by atoms with van der Waals surface area (Å²) in [6.07, 6.45) is 0.